The molecule has 20 heavy (non-hydrogen) atoms. The molecule has 0 N–H and O–H groups in total. The Hall–Kier alpha value is -2.24. The summed E-state index contributed by atoms with van der Waals surface area (Å²) in [5, 5.41) is 8.67. The van der Waals surface area contributed by atoms with Gasteiger partial charge in [-0.05, 0) is 12.1 Å². The molecule has 0 aliphatic carbocycles. The van der Waals surface area contributed by atoms with Crippen LogP contribution in [0.1, 0.15) is 27.0 Å². The molecule has 1 rings (SSSR count). The lowest BCUT2D eigenvalue weighted by Gasteiger charge is -2.18. The van der Waals surface area contributed by atoms with E-state index in [0.29, 0.717) is 6.07 Å². The van der Waals surface area contributed by atoms with E-state index in [4.69, 9.17) is 5.26 Å². The highest BCUT2D eigenvalue weighted by Gasteiger charge is 2.46. The molecule has 0 aromatic heterocycles. The van der Waals surface area contributed by atoms with E-state index < -0.39 is 40.6 Å². The summed E-state index contributed by atoms with van der Waals surface area (Å²) in [7, 11) is 0.828. The molecule has 0 heterocycles. The summed E-state index contributed by atoms with van der Waals surface area (Å²) in [5.41, 5.74) is -6.53. The molecule has 1 aromatic rings. The molecule has 0 radical (unpaired) electrons. The van der Waals surface area contributed by atoms with E-state index in [9.17, 15) is 31.1 Å². The number of benzene rings is 1. The lowest BCUT2D eigenvalue weighted by molar-refractivity contribution is -0.162. The Kier molecular flexibility index (Phi) is 3.98. The molecule has 108 valence electrons. The Bertz CT molecular complexity index is 582. The summed E-state index contributed by atoms with van der Waals surface area (Å²) in [6, 6.07) is 1.55. The number of carbonyl (C=O) groups excluding carboxylic acids is 1. The summed E-state index contributed by atoms with van der Waals surface area (Å²) in [4.78, 5) is 11.2. The maximum atomic E-state index is 12.8. The Morgan fingerprint density at radius 3 is 2.05 bits per heavy atom. The van der Waals surface area contributed by atoms with Crippen molar-refractivity contribution in [3.63, 3.8) is 0 Å². The van der Waals surface area contributed by atoms with Crippen molar-refractivity contribution in [1.82, 2.24) is 0 Å². The first kappa shape index (κ1) is 15.8. The highest BCUT2D eigenvalue weighted by Crippen LogP contribution is 2.42. The van der Waals surface area contributed by atoms with Crippen LogP contribution in [0.3, 0.4) is 0 Å². The molecular weight excluding hydrogens is 292 g/mol. The standard InChI is InChI=1S/C11H5F6NO2/c1-20-9(19)5-2-3-7(10(12,13)14)8(6(5)4-18)11(15,16)17/h2-3H,1H3. The summed E-state index contributed by atoms with van der Waals surface area (Å²) in [5.74, 6) is -1.33. The first-order chi connectivity index (χ1) is 9.04. The number of hydrogen-bond acceptors (Lipinski definition) is 3. The number of nitriles is 1. The third kappa shape index (κ3) is 2.84. The fourth-order valence-corrected chi connectivity index (χ4v) is 1.53. The first-order valence-corrected chi connectivity index (χ1v) is 4.83. The number of carbonyl (C=O) groups is 1. The first-order valence-electron chi connectivity index (χ1n) is 4.83. The molecule has 9 heteroatoms. The minimum absolute atomic E-state index is 0.0932. The maximum Gasteiger partial charge on any atom is 0.418 e. The number of halogens is 6. The predicted octanol–water partition coefficient (Wildman–Crippen LogP) is 3.38. The van der Waals surface area contributed by atoms with Crippen molar-refractivity contribution in [3.8, 4) is 6.07 Å². The SMILES string of the molecule is COC(=O)c1ccc(C(F)(F)F)c(C(F)(F)F)c1C#N. The number of alkyl halides is 6. The van der Waals surface area contributed by atoms with Gasteiger partial charge in [-0.25, -0.2) is 4.79 Å². The molecule has 0 aliphatic heterocycles. The third-order valence-corrected chi connectivity index (χ3v) is 2.31. The smallest absolute Gasteiger partial charge is 0.418 e. The van der Waals surface area contributed by atoms with Crippen molar-refractivity contribution >= 4 is 5.97 Å². The van der Waals surface area contributed by atoms with Crippen molar-refractivity contribution < 1.29 is 35.9 Å². The Morgan fingerprint density at radius 1 is 1.15 bits per heavy atom. The predicted molar refractivity (Wildman–Crippen MR) is 52.5 cm³/mol. The van der Waals surface area contributed by atoms with Crippen LogP contribution in [0, 0.1) is 11.3 Å². The van der Waals surface area contributed by atoms with E-state index in [1.54, 1.807) is 0 Å². The minimum atomic E-state index is -5.44. The van der Waals surface area contributed by atoms with E-state index in [-0.39, 0.29) is 6.07 Å². The highest BCUT2D eigenvalue weighted by molar-refractivity contribution is 5.93. The zero-order chi connectivity index (χ0) is 15.7. The van der Waals surface area contributed by atoms with E-state index in [1.807, 2.05) is 0 Å². The molecule has 0 unspecified atom stereocenters. The topological polar surface area (TPSA) is 50.1 Å². The minimum Gasteiger partial charge on any atom is -0.465 e. The van der Waals surface area contributed by atoms with E-state index in [1.165, 1.54) is 0 Å². The maximum absolute atomic E-state index is 12.8. The summed E-state index contributed by atoms with van der Waals surface area (Å²) >= 11 is 0. The molecule has 0 bridgehead atoms. The van der Waals surface area contributed by atoms with Gasteiger partial charge in [0.15, 0.2) is 0 Å². The summed E-state index contributed by atoms with van der Waals surface area (Å²) < 4.78 is 80.2. The van der Waals surface area contributed by atoms with E-state index in [2.05, 4.69) is 4.74 Å². The number of rotatable bonds is 1. The normalized spacial score (nSPS) is 11.9. The molecule has 0 saturated carbocycles. The van der Waals surface area contributed by atoms with Gasteiger partial charge in [-0.3, -0.25) is 0 Å². The Morgan fingerprint density at radius 2 is 1.70 bits per heavy atom. The van der Waals surface area contributed by atoms with Gasteiger partial charge in [0.25, 0.3) is 0 Å². The van der Waals surface area contributed by atoms with Crippen LogP contribution in [0.15, 0.2) is 12.1 Å². The van der Waals surface area contributed by atoms with Crippen LogP contribution in [-0.2, 0) is 17.1 Å². The van der Waals surface area contributed by atoms with Crippen LogP contribution in [0.2, 0.25) is 0 Å². The number of methoxy groups -OCH3 is 1. The monoisotopic (exact) mass is 297 g/mol. The van der Waals surface area contributed by atoms with E-state index in [0.717, 1.165) is 13.2 Å². The molecule has 0 aliphatic rings. The fraction of sp³-hybridized carbons (Fsp3) is 0.273. The zero-order valence-electron chi connectivity index (χ0n) is 9.69. The third-order valence-electron chi connectivity index (χ3n) is 2.31. The van der Waals surface area contributed by atoms with Gasteiger partial charge in [0.2, 0.25) is 0 Å². The van der Waals surface area contributed by atoms with E-state index >= 15 is 0 Å². The number of nitrogens with zero attached hydrogens (tertiary/aromatic N) is 1. The van der Waals surface area contributed by atoms with Gasteiger partial charge >= 0.3 is 18.3 Å². The second-order valence-electron chi connectivity index (χ2n) is 3.51. The summed E-state index contributed by atoms with van der Waals surface area (Å²) in [6.45, 7) is 0. The lowest BCUT2D eigenvalue weighted by Crippen LogP contribution is -2.20. The van der Waals surface area contributed by atoms with Gasteiger partial charge in [-0.1, -0.05) is 0 Å². The molecule has 3 nitrogen and oxygen atoms in total. The number of ether oxygens (including phenoxy) is 1. The van der Waals surface area contributed by atoms with Gasteiger partial charge in [0, 0.05) is 0 Å². The number of hydrogen-bond donors (Lipinski definition) is 0. The van der Waals surface area contributed by atoms with Gasteiger partial charge in [-0.15, -0.1) is 0 Å². The van der Waals surface area contributed by atoms with Crippen molar-refractivity contribution in [2.45, 2.75) is 12.4 Å². The Balaban J connectivity index is 3.80. The van der Waals surface area contributed by atoms with Crippen molar-refractivity contribution in [2.75, 3.05) is 7.11 Å². The quantitative estimate of drug-likeness (QED) is 0.590. The van der Waals surface area contributed by atoms with Crippen LogP contribution >= 0.6 is 0 Å². The second-order valence-corrected chi connectivity index (χ2v) is 3.51. The van der Waals surface area contributed by atoms with Crippen LogP contribution in [0.5, 0.6) is 0 Å². The summed E-state index contributed by atoms with van der Waals surface area (Å²) in [6.07, 6.45) is -10.8. The second kappa shape index (κ2) is 5.03. The molecule has 1 aromatic carbocycles. The molecule has 0 saturated heterocycles. The molecule has 0 spiro atoms. The van der Waals surface area contributed by atoms with Crippen LogP contribution in [-0.4, -0.2) is 13.1 Å². The van der Waals surface area contributed by atoms with Gasteiger partial charge in [0.05, 0.1) is 29.4 Å². The molecule has 0 atom stereocenters. The van der Waals surface area contributed by atoms with Crippen LogP contribution in [0.4, 0.5) is 26.3 Å². The van der Waals surface area contributed by atoms with Crippen molar-refractivity contribution in [3.05, 3.63) is 34.4 Å². The van der Waals surface area contributed by atoms with Crippen LogP contribution < -0.4 is 0 Å². The fourth-order valence-electron chi connectivity index (χ4n) is 1.53. The molecule has 0 fully saturated rings. The average molecular weight is 297 g/mol. The zero-order valence-corrected chi connectivity index (χ0v) is 9.69. The largest absolute Gasteiger partial charge is 0.465 e. The van der Waals surface area contributed by atoms with Gasteiger partial charge < -0.3 is 4.74 Å². The van der Waals surface area contributed by atoms with Gasteiger partial charge in [-0.2, -0.15) is 31.6 Å². The van der Waals surface area contributed by atoms with Crippen molar-refractivity contribution in [2.24, 2.45) is 0 Å². The number of esters is 1. The van der Waals surface area contributed by atoms with Gasteiger partial charge in [0.1, 0.15) is 6.07 Å². The Labute approximate surface area is 108 Å². The highest BCUT2D eigenvalue weighted by atomic mass is 19.4. The molecular formula is C11H5F6NO2. The molecule has 0 amide bonds. The lowest BCUT2D eigenvalue weighted by atomic mass is 9.95. The average Bonchev–Trinajstić information content (AvgIpc) is 2.33. The van der Waals surface area contributed by atoms with Crippen LogP contribution in [0.25, 0.3) is 0 Å². The van der Waals surface area contributed by atoms with Crippen molar-refractivity contribution in [1.29, 1.82) is 5.26 Å².